The number of nitrogen functional groups attached to an aromatic ring is 1. The predicted molar refractivity (Wildman–Crippen MR) is 85.7 cm³/mol. The van der Waals surface area contributed by atoms with Crippen molar-refractivity contribution in [1.82, 2.24) is 15.5 Å². The summed E-state index contributed by atoms with van der Waals surface area (Å²) in [6.45, 7) is 1.95. The lowest BCUT2D eigenvalue weighted by atomic mass is 10.1. The van der Waals surface area contributed by atoms with Crippen molar-refractivity contribution in [3.63, 3.8) is 0 Å². The molecule has 0 unspecified atom stereocenters. The Morgan fingerprint density at radius 2 is 2.25 bits per heavy atom. The smallest absolute Gasteiger partial charge is 0.230 e. The van der Waals surface area contributed by atoms with Gasteiger partial charge in [-0.2, -0.15) is 0 Å². The van der Waals surface area contributed by atoms with E-state index in [9.17, 15) is 4.79 Å². The van der Waals surface area contributed by atoms with Crippen LogP contribution < -0.4 is 11.1 Å². The molecule has 5 nitrogen and oxygen atoms in total. The van der Waals surface area contributed by atoms with Crippen LogP contribution in [0.25, 0.3) is 0 Å². The van der Waals surface area contributed by atoms with Gasteiger partial charge in [-0.15, -0.1) is 10.2 Å². The number of carbonyl (C=O) groups excluding carboxylic acids is 1. The molecule has 0 saturated heterocycles. The molecule has 0 spiro atoms. The van der Waals surface area contributed by atoms with E-state index in [0.717, 1.165) is 10.0 Å². The Hall–Kier alpha value is -1.12. The quantitative estimate of drug-likeness (QED) is 0.788. The first-order valence-electron chi connectivity index (χ1n) is 5.82. The minimum absolute atomic E-state index is 0.0491. The third-order valence-corrected chi connectivity index (χ3v) is 5.11. The van der Waals surface area contributed by atoms with Gasteiger partial charge in [-0.1, -0.05) is 57.2 Å². The third-order valence-electron chi connectivity index (χ3n) is 2.50. The fourth-order valence-electron chi connectivity index (χ4n) is 1.59. The second-order valence-corrected chi connectivity index (χ2v) is 7.09. The van der Waals surface area contributed by atoms with Crippen LogP contribution in [-0.4, -0.2) is 21.9 Å². The molecule has 1 heterocycles. The topological polar surface area (TPSA) is 80.9 Å². The van der Waals surface area contributed by atoms with Gasteiger partial charge >= 0.3 is 0 Å². The number of anilines is 1. The molecule has 1 aromatic heterocycles. The first-order valence-corrected chi connectivity index (χ1v) is 8.41. The predicted octanol–water partition coefficient (Wildman–Crippen LogP) is 2.85. The highest BCUT2D eigenvalue weighted by molar-refractivity contribution is 9.10. The Bertz CT molecular complexity index is 605. The van der Waals surface area contributed by atoms with E-state index in [1.165, 1.54) is 23.1 Å². The molecule has 0 bridgehead atoms. The molecule has 1 atom stereocenters. The molecular weight excluding hydrogens is 360 g/mol. The van der Waals surface area contributed by atoms with Crippen LogP contribution in [-0.2, 0) is 4.79 Å². The maximum absolute atomic E-state index is 11.9. The van der Waals surface area contributed by atoms with E-state index in [2.05, 4.69) is 31.4 Å². The molecule has 0 aliphatic rings. The van der Waals surface area contributed by atoms with Crippen molar-refractivity contribution in [3.8, 4) is 0 Å². The summed E-state index contributed by atoms with van der Waals surface area (Å²) in [7, 11) is 0. The fourth-order valence-corrected chi connectivity index (χ4v) is 3.67. The molecule has 20 heavy (non-hydrogen) atoms. The van der Waals surface area contributed by atoms with Crippen LogP contribution in [0, 0.1) is 0 Å². The number of nitrogens with zero attached hydrogens (tertiary/aromatic N) is 2. The molecule has 0 aliphatic carbocycles. The van der Waals surface area contributed by atoms with Crippen molar-refractivity contribution in [3.05, 3.63) is 34.3 Å². The van der Waals surface area contributed by atoms with Gasteiger partial charge in [0, 0.05) is 4.47 Å². The standard InChI is InChI=1S/C12H13BrN4OS2/c1-7(8-4-2-3-5-9(8)13)15-10(18)6-19-12-17-16-11(14)20-12/h2-5,7H,6H2,1H3,(H2,14,16)(H,15,18)/t7-/m1/s1. The van der Waals surface area contributed by atoms with Gasteiger partial charge in [-0.05, 0) is 18.6 Å². The van der Waals surface area contributed by atoms with Crippen molar-refractivity contribution >= 4 is 50.1 Å². The van der Waals surface area contributed by atoms with Gasteiger partial charge in [0.2, 0.25) is 11.0 Å². The monoisotopic (exact) mass is 372 g/mol. The number of aromatic nitrogens is 2. The zero-order valence-corrected chi connectivity index (χ0v) is 13.9. The number of rotatable bonds is 5. The van der Waals surface area contributed by atoms with Crippen molar-refractivity contribution in [2.75, 3.05) is 11.5 Å². The van der Waals surface area contributed by atoms with Crippen LogP contribution in [0.3, 0.4) is 0 Å². The van der Waals surface area contributed by atoms with Gasteiger partial charge in [0.05, 0.1) is 11.8 Å². The van der Waals surface area contributed by atoms with Crippen LogP contribution >= 0.6 is 39.0 Å². The van der Waals surface area contributed by atoms with Crippen LogP contribution in [0.5, 0.6) is 0 Å². The van der Waals surface area contributed by atoms with Crippen molar-refractivity contribution < 1.29 is 4.79 Å². The Kier molecular flexibility index (Phi) is 5.38. The van der Waals surface area contributed by atoms with Crippen LogP contribution in [0.2, 0.25) is 0 Å². The number of thioether (sulfide) groups is 1. The first-order chi connectivity index (χ1) is 9.56. The molecular formula is C12H13BrN4OS2. The summed E-state index contributed by atoms with van der Waals surface area (Å²) in [4.78, 5) is 11.9. The van der Waals surface area contributed by atoms with Gasteiger partial charge in [0.1, 0.15) is 0 Å². The highest BCUT2D eigenvalue weighted by Crippen LogP contribution is 2.25. The molecule has 2 aromatic rings. The Balaban J connectivity index is 1.87. The summed E-state index contributed by atoms with van der Waals surface area (Å²) < 4.78 is 1.68. The fraction of sp³-hybridized carbons (Fsp3) is 0.250. The lowest BCUT2D eigenvalue weighted by Gasteiger charge is -2.15. The van der Waals surface area contributed by atoms with Crippen molar-refractivity contribution in [2.45, 2.75) is 17.3 Å². The summed E-state index contributed by atoms with van der Waals surface area (Å²) >= 11 is 6.09. The SMILES string of the molecule is C[C@@H](NC(=O)CSc1nnc(N)s1)c1ccccc1Br. The van der Waals surface area contributed by atoms with Crippen molar-refractivity contribution in [1.29, 1.82) is 0 Å². The van der Waals surface area contributed by atoms with E-state index >= 15 is 0 Å². The Morgan fingerprint density at radius 3 is 2.90 bits per heavy atom. The average Bonchev–Trinajstić information content (AvgIpc) is 2.82. The lowest BCUT2D eigenvalue weighted by Crippen LogP contribution is -2.28. The van der Waals surface area contributed by atoms with E-state index < -0.39 is 0 Å². The maximum Gasteiger partial charge on any atom is 0.230 e. The van der Waals surface area contributed by atoms with Gasteiger partial charge < -0.3 is 11.1 Å². The number of benzene rings is 1. The maximum atomic E-state index is 11.9. The number of nitrogens with one attached hydrogen (secondary N) is 1. The molecule has 2 rings (SSSR count). The largest absolute Gasteiger partial charge is 0.374 e. The second kappa shape index (κ2) is 7.05. The molecule has 0 fully saturated rings. The number of hydrogen-bond acceptors (Lipinski definition) is 6. The zero-order valence-electron chi connectivity index (χ0n) is 10.7. The Labute approximate surface area is 133 Å². The molecule has 0 radical (unpaired) electrons. The summed E-state index contributed by atoms with van der Waals surface area (Å²) in [6, 6.07) is 7.77. The average molecular weight is 373 g/mol. The first kappa shape index (κ1) is 15.3. The zero-order chi connectivity index (χ0) is 14.5. The van der Waals surface area contributed by atoms with E-state index in [1.54, 1.807) is 0 Å². The van der Waals surface area contributed by atoms with Crippen LogP contribution in [0.1, 0.15) is 18.5 Å². The molecule has 3 N–H and O–H groups in total. The van der Waals surface area contributed by atoms with Crippen LogP contribution in [0.15, 0.2) is 33.1 Å². The van der Waals surface area contributed by atoms with Gasteiger partial charge in [0.15, 0.2) is 4.34 Å². The van der Waals surface area contributed by atoms with Gasteiger partial charge in [0.25, 0.3) is 0 Å². The van der Waals surface area contributed by atoms with Gasteiger partial charge in [-0.3, -0.25) is 4.79 Å². The van der Waals surface area contributed by atoms with E-state index in [-0.39, 0.29) is 11.9 Å². The molecule has 1 aromatic carbocycles. The summed E-state index contributed by atoms with van der Waals surface area (Å²) in [5.41, 5.74) is 6.53. The summed E-state index contributed by atoms with van der Waals surface area (Å²) in [5, 5.41) is 10.9. The summed E-state index contributed by atoms with van der Waals surface area (Å²) in [6.07, 6.45) is 0. The van der Waals surface area contributed by atoms with E-state index in [1.807, 2.05) is 31.2 Å². The normalized spacial score (nSPS) is 12.1. The number of nitrogens with two attached hydrogens (primary N) is 1. The minimum atomic E-state index is -0.0573. The summed E-state index contributed by atoms with van der Waals surface area (Å²) in [5.74, 6) is 0.246. The highest BCUT2D eigenvalue weighted by atomic mass is 79.9. The highest BCUT2D eigenvalue weighted by Gasteiger charge is 2.13. The minimum Gasteiger partial charge on any atom is -0.374 e. The van der Waals surface area contributed by atoms with Crippen molar-refractivity contribution in [2.24, 2.45) is 0 Å². The van der Waals surface area contributed by atoms with E-state index in [4.69, 9.17) is 5.73 Å². The Morgan fingerprint density at radius 1 is 1.50 bits per heavy atom. The molecule has 0 aliphatic heterocycles. The number of halogens is 1. The lowest BCUT2D eigenvalue weighted by molar-refractivity contribution is -0.119. The molecule has 106 valence electrons. The number of hydrogen-bond donors (Lipinski definition) is 2. The number of carbonyl (C=O) groups is 1. The molecule has 0 saturated carbocycles. The number of amides is 1. The van der Waals surface area contributed by atoms with Gasteiger partial charge in [-0.25, -0.2) is 0 Å². The van der Waals surface area contributed by atoms with Crippen LogP contribution in [0.4, 0.5) is 5.13 Å². The third kappa shape index (κ3) is 4.19. The molecule has 8 heteroatoms. The molecule has 1 amide bonds. The second-order valence-electron chi connectivity index (χ2n) is 4.01. The van der Waals surface area contributed by atoms with E-state index in [0.29, 0.717) is 15.2 Å².